The van der Waals surface area contributed by atoms with Crippen molar-refractivity contribution in [2.24, 2.45) is 0 Å². The van der Waals surface area contributed by atoms with Gasteiger partial charge >= 0.3 is 0 Å². The molecule has 0 amide bonds. The average molecular weight is 251 g/mol. The SMILES string of the molecule is CCN(Cc1csc(CNC2CC2)n1)C1CC1. The van der Waals surface area contributed by atoms with E-state index in [1.54, 1.807) is 11.3 Å². The van der Waals surface area contributed by atoms with Gasteiger partial charge in [-0.1, -0.05) is 6.92 Å². The van der Waals surface area contributed by atoms with Crippen LogP contribution in [0, 0.1) is 0 Å². The van der Waals surface area contributed by atoms with Gasteiger partial charge in [0.15, 0.2) is 0 Å². The molecule has 0 aromatic carbocycles. The number of thiazole rings is 1. The first-order chi connectivity index (χ1) is 8.35. The fraction of sp³-hybridized carbons (Fsp3) is 0.769. The largest absolute Gasteiger partial charge is 0.308 e. The van der Waals surface area contributed by atoms with Crippen LogP contribution >= 0.6 is 11.3 Å². The molecular weight excluding hydrogens is 230 g/mol. The summed E-state index contributed by atoms with van der Waals surface area (Å²) in [6.45, 7) is 5.41. The van der Waals surface area contributed by atoms with Crippen LogP contribution in [-0.2, 0) is 13.1 Å². The molecule has 3 nitrogen and oxygen atoms in total. The molecule has 2 aliphatic carbocycles. The summed E-state index contributed by atoms with van der Waals surface area (Å²) in [7, 11) is 0. The van der Waals surface area contributed by atoms with Crippen molar-refractivity contribution < 1.29 is 0 Å². The molecule has 0 saturated heterocycles. The van der Waals surface area contributed by atoms with Gasteiger partial charge in [0.05, 0.1) is 5.69 Å². The minimum absolute atomic E-state index is 0.779. The van der Waals surface area contributed by atoms with Gasteiger partial charge in [0.1, 0.15) is 5.01 Å². The van der Waals surface area contributed by atoms with Crippen molar-refractivity contribution in [3.63, 3.8) is 0 Å². The van der Waals surface area contributed by atoms with Crippen molar-refractivity contribution in [2.75, 3.05) is 6.54 Å². The molecular formula is C13H21N3S. The first-order valence-electron chi connectivity index (χ1n) is 6.76. The smallest absolute Gasteiger partial charge is 0.107 e. The van der Waals surface area contributed by atoms with Gasteiger partial charge in [-0.2, -0.15) is 0 Å². The maximum Gasteiger partial charge on any atom is 0.107 e. The van der Waals surface area contributed by atoms with Crippen molar-refractivity contribution in [2.45, 2.75) is 57.8 Å². The summed E-state index contributed by atoms with van der Waals surface area (Å²) in [5, 5.41) is 7.00. The van der Waals surface area contributed by atoms with Crippen LogP contribution in [0.2, 0.25) is 0 Å². The van der Waals surface area contributed by atoms with Crippen molar-refractivity contribution in [3.05, 3.63) is 16.1 Å². The number of rotatable bonds is 7. The Morgan fingerprint density at radius 2 is 2.24 bits per heavy atom. The number of nitrogens with one attached hydrogen (secondary N) is 1. The average Bonchev–Trinajstić information content (AvgIpc) is 3.24. The van der Waals surface area contributed by atoms with Gasteiger partial charge in [-0.05, 0) is 32.2 Å². The molecule has 0 spiro atoms. The first kappa shape index (κ1) is 11.6. The first-order valence-corrected chi connectivity index (χ1v) is 7.64. The zero-order valence-electron chi connectivity index (χ0n) is 10.5. The van der Waals surface area contributed by atoms with E-state index in [-0.39, 0.29) is 0 Å². The molecule has 0 unspecified atom stereocenters. The molecule has 2 fully saturated rings. The van der Waals surface area contributed by atoms with E-state index in [2.05, 4.69) is 22.5 Å². The second-order valence-corrected chi connectivity index (χ2v) is 6.12. The van der Waals surface area contributed by atoms with Crippen LogP contribution in [-0.4, -0.2) is 28.5 Å². The van der Waals surface area contributed by atoms with Gasteiger partial charge in [0.25, 0.3) is 0 Å². The minimum atomic E-state index is 0.779. The van der Waals surface area contributed by atoms with Gasteiger partial charge in [-0.25, -0.2) is 4.98 Å². The van der Waals surface area contributed by atoms with E-state index in [1.807, 2.05) is 0 Å². The highest BCUT2D eigenvalue weighted by atomic mass is 32.1. The molecule has 1 aromatic heterocycles. The Morgan fingerprint density at radius 1 is 1.41 bits per heavy atom. The van der Waals surface area contributed by atoms with Crippen molar-refractivity contribution in [1.29, 1.82) is 0 Å². The van der Waals surface area contributed by atoms with Crippen molar-refractivity contribution in [3.8, 4) is 0 Å². The van der Waals surface area contributed by atoms with Gasteiger partial charge in [0.2, 0.25) is 0 Å². The normalized spacial score (nSPS) is 20.1. The van der Waals surface area contributed by atoms with E-state index in [9.17, 15) is 0 Å². The molecule has 4 heteroatoms. The molecule has 2 aliphatic rings. The van der Waals surface area contributed by atoms with Gasteiger partial charge in [-0.15, -0.1) is 11.3 Å². The molecule has 17 heavy (non-hydrogen) atoms. The van der Waals surface area contributed by atoms with Crippen LogP contribution in [0.25, 0.3) is 0 Å². The summed E-state index contributed by atoms with van der Waals surface area (Å²) in [6, 6.07) is 1.62. The Kier molecular flexibility index (Phi) is 3.45. The van der Waals surface area contributed by atoms with E-state index in [0.717, 1.165) is 31.7 Å². The third kappa shape index (κ3) is 3.27. The number of nitrogens with zero attached hydrogens (tertiary/aromatic N) is 2. The zero-order chi connectivity index (χ0) is 11.7. The molecule has 94 valence electrons. The maximum absolute atomic E-state index is 4.72. The zero-order valence-corrected chi connectivity index (χ0v) is 11.3. The molecule has 1 heterocycles. The van der Waals surface area contributed by atoms with Gasteiger partial charge < -0.3 is 5.32 Å². The summed E-state index contributed by atoms with van der Waals surface area (Å²) < 4.78 is 0. The molecule has 0 bridgehead atoms. The molecule has 3 rings (SSSR count). The van der Waals surface area contributed by atoms with E-state index < -0.39 is 0 Å². The standard InChI is InChI=1S/C13H21N3S/c1-2-16(12-5-6-12)8-11-9-17-13(15-11)7-14-10-3-4-10/h9-10,12,14H,2-8H2,1H3. The fourth-order valence-corrected chi connectivity index (χ4v) is 2.90. The lowest BCUT2D eigenvalue weighted by atomic mass is 10.4. The highest BCUT2D eigenvalue weighted by Crippen LogP contribution is 2.28. The van der Waals surface area contributed by atoms with E-state index in [1.165, 1.54) is 36.4 Å². The van der Waals surface area contributed by atoms with Crippen LogP contribution in [0.3, 0.4) is 0 Å². The van der Waals surface area contributed by atoms with Gasteiger partial charge in [-0.3, -0.25) is 4.90 Å². The summed E-state index contributed by atoms with van der Waals surface area (Å²) >= 11 is 1.80. The van der Waals surface area contributed by atoms with E-state index in [4.69, 9.17) is 4.98 Å². The monoisotopic (exact) mass is 251 g/mol. The van der Waals surface area contributed by atoms with Crippen LogP contribution in [0.15, 0.2) is 5.38 Å². The van der Waals surface area contributed by atoms with Crippen LogP contribution in [0.4, 0.5) is 0 Å². The molecule has 0 atom stereocenters. The van der Waals surface area contributed by atoms with Crippen LogP contribution < -0.4 is 5.32 Å². The minimum Gasteiger partial charge on any atom is -0.308 e. The number of aromatic nitrogens is 1. The molecule has 1 aromatic rings. The highest BCUT2D eigenvalue weighted by Gasteiger charge is 2.28. The van der Waals surface area contributed by atoms with Gasteiger partial charge in [0, 0.05) is 30.6 Å². The lowest BCUT2D eigenvalue weighted by molar-refractivity contribution is 0.266. The molecule has 0 radical (unpaired) electrons. The maximum atomic E-state index is 4.72. The number of hydrogen-bond acceptors (Lipinski definition) is 4. The quantitative estimate of drug-likeness (QED) is 0.806. The predicted octanol–water partition coefficient (Wildman–Crippen LogP) is 2.38. The summed E-state index contributed by atoms with van der Waals surface area (Å²) in [5.74, 6) is 0. The third-order valence-corrected chi connectivity index (χ3v) is 4.45. The van der Waals surface area contributed by atoms with Crippen molar-refractivity contribution >= 4 is 11.3 Å². The van der Waals surface area contributed by atoms with Crippen molar-refractivity contribution in [1.82, 2.24) is 15.2 Å². The second-order valence-electron chi connectivity index (χ2n) is 5.18. The van der Waals surface area contributed by atoms with Crippen LogP contribution in [0.1, 0.15) is 43.3 Å². The third-order valence-electron chi connectivity index (χ3n) is 3.55. The lowest BCUT2D eigenvalue weighted by Gasteiger charge is -2.17. The van der Waals surface area contributed by atoms with Crippen LogP contribution in [0.5, 0.6) is 0 Å². The summed E-state index contributed by atoms with van der Waals surface area (Å²) in [6.07, 6.45) is 5.47. The van der Waals surface area contributed by atoms with E-state index >= 15 is 0 Å². The lowest BCUT2D eigenvalue weighted by Crippen LogP contribution is -2.25. The Balaban J connectivity index is 1.51. The topological polar surface area (TPSA) is 28.2 Å². The summed E-state index contributed by atoms with van der Waals surface area (Å²) in [4.78, 5) is 7.27. The molecule has 0 aliphatic heterocycles. The molecule has 2 saturated carbocycles. The second kappa shape index (κ2) is 5.04. The van der Waals surface area contributed by atoms with E-state index in [0.29, 0.717) is 0 Å². The summed E-state index contributed by atoms with van der Waals surface area (Å²) in [5.41, 5.74) is 1.26. The Hall–Kier alpha value is -0.450. The number of hydrogen-bond donors (Lipinski definition) is 1. The molecule has 1 N–H and O–H groups in total. The highest BCUT2D eigenvalue weighted by molar-refractivity contribution is 7.09. The Labute approximate surface area is 107 Å². The Morgan fingerprint density at radius 3 is 2.88 bits per heavy atom. The Bertz CT molecular complexity index is 368. The fourth-order valence-electron chi connectivity index (χ4n) is 2.17. The predicted molar refractivity (Wildman–Crippen MR) is 71.1 cm³/mol.